The molecule has 0 heterocycles. The Balaban J connectivity index is 2.93. The number of carboxylic acid groups (broad SMARTS) is 1. The van der Waals surface area contributed by atoms with E-state index >= 15 is 0 Å². The number of amides is 3. The van der Waals surface area contributed by atoms with E-state index in [1.807, 2.05) is 19.9 Å². The molecule has 10 nitrogen and oxygen atoms in total. The van der Waals surface area contributed by atoms with Gasteiger partial charge in [-0.15, -0.1) is 0 Å². The summed E-state index contributed by atoms with van der Waals surface area (Å²) in [5.74, 6) is -3.41. The second-order valence-corrected chi connectivity index (χ2v) is 9.70. The minimum Gasteiger partial charge on any atom is -0.480 e. The van der Waals surface area contributed by atoms with Gasteiger partial charge in [-0.05, 0) is 38.7 Å². The lowest BCUT2D eigenvalue weighted by molar-refractivity contribution is -0.155. The molecule has 0 saturated carbocycles. The lowest BCUT2D eigenvalue weighted by atomic mass is 10.0. The topological polar surface area (TPSA) is 151 Å². The minimum atomic E-state index is -1.20. The Kier molecular flexibility index (Phi) is 11.9. The van der Waals surface area contributed by atoms with Gasteiger partial charge in [-0.1, -0.05) is 44.2 Å². The van der Waals surface area contributed by atoms with Crippen molar-refractivity contribution in [2.75, 3.05) is 6.54 Å². The van der Waals surface area contributed by atoms with Crippen molar-refractivity contribution in [1.82, 2.24) is 16.0 Å². The molecule has 0 aromatic heterocycles. The van der Waals surface area contributed by atoms with E-state index in [0.29, 0.717) is 0 Å². The lowest BCUT2D eigenvalue weighted by Crippen LogP contribution is -2.55. The largest absolute Gasteiger partial charge is 0.480 e. The van der Waals surface area contributed by atoms with E-state index in [4.69, 9.17) is 9.84 Å². The Morgan fingerprint density at radius 3 is 2.09 bits per heavy atom. The fraction of sp³-hybridized carbons (Fsp3) is 0.560. The number of carbonyl (C=O) groups is 5. The number of rotatable bonds is 13. The highest BCUT2D eigenvalue weighted by atomic mass is 16.6. The van der Waals surface area contributed by atoms with Crippen LogP contribution in [-0.4, -0.2) is 59.0 Å². The van der Waals surface area contributed by atoms with Gasteiger partial charge in [-0.25, -0.2) is 0 Å². The zero-order chi connectivity index (χ0) is 26.6. The van der Waals surface area contributed by atoms with Crippen molar-refractivity contribution in [3.05, 3.63) is 35.9 Å². The second kappa shape index (κ2) is 14.1. The summed E-state index contributed by atoms with van der Waals surface area (Å²) in [6.45, 7) is 8.34. The van der Waals surface area contributed by atoms with Crippen molar-refractivity contribution in [3.63, 3.8) is 0 Å². The molecule has 3 amide bonds. The van der Waals surface area contributed by atoms with E-state index in [0.717, 1.165) is 5.56 Å². The first kappa shape index (κ1) is 29.6. The van der Waals surface area contributed by atoms with E-state index in [1.54, 1.807) is 45.0 Å². The van der Waals surface area contributed by atoms with Gasteiger partial charge in [0.1, 0.15) is 24.2 Å². The Bertz CT molecular complexity index is 879. The van der Waals surface area contributed by atoms with E-state index in [9.17, 15) is 24.0 Å². The predicted octanol–water partition coefficient (Wildman–Crippen LogP) is 1.57. The van der Waals surface area contributed by atoms with Crippen LogP contribution in [0.15, 0.2) is 30.3 Å². The fourth-order valence-electron chi connectivity index (χ4n) is 3.19. The number of ether oxygens (including phenoxy) is 1. The average Bonchev–Trinajstić information content (AvgIpc) is 2.74. The summed E-state index contributed by atoms with van der Waals surface area (Å²) >= 11 is 0. The third-order valence-corrected chi connectivity index (χ3v) is 4.66. The van der Waals surface area contributed by atoms with Crippen LogP contribution in [-0.2, 0) is 35.1 Å². The molecule has 194 valence electrons. The van der Waals surface area contributed by atoms with Crippen LogP contribution in [0.1, 0.15) is 59.4 Å². The Morgan fingerprint density at radius 1 is 0.914 bits per heavy atom. The van der Waals surface area contributed by atoms with Crippen LogP contribution in [0.2, 0.25) is 0 Å². The Labute approximate surface area is 206 Å². The highest BCUT2D eigenvalue weighted by molar-refractivity contribution is 5.93. The number of hydrogen-bond acceptors (Lipinski definition) is 6. The minimum absolute atomic E-state index is 0.0341. The molecule has 0 fully saturated rings. The van der Waals surface area contributed by atoms with Crippen molar-refractivity contribution < 1.29 is 33.8 Å². The van der Waals surface area contributed by atoms with Gasteiger partial charge in [-0.2, -0.15) is 0 Å². The highest BCUT2D eigenvalue weighted by Gasteiger charge is 2.28. The van der Waals surface area contributed by atoms with Crippen LogP contribution in [0.3, 0.4) is 0 Å². The number of carbonyl (C=O) groups excluding carboxylic acids is 4. The third kappa shape index (κ3) is 13.1. The lowest BCUT2D eigenvalue weighted by Gasteiger charge is -2.24. The molecule has 0 aliphatic rings. The van der Waals surface area contributed by atoms with E-state index in [1.165, 1.54) is 0 Å². The quantitative estimate of drug-likeness (QED) is 0.306. The summed E-state index contributed by atoms with van der Waals surface area (Å²) in [5.41, 5.74) is 0.117. The molecule has 0 spiro atoms. The molecule has 4 N–H and O–H groups in total. The summed E-state index contributed by atoms with van der Waals surface area (Å²) < 4.78 is 5.21. The van der Waals surface area contributed by atoms with Crippen LogP contribution >= 0.6 is 0 Å². The number of hydrogen-bond donors (Lipinski definition) is 4. The highest BCUT2D eigenvalue weighted by Crippen LogP contribution is 2.10. The van der Waals surface area contributed by atoms with Gasteiger partial charge in [0.25, 0.3) is 0 Å². The van der Waals surface area contributed by atoms with E-state index < -0.39 is 53.9 Å². The van der Waals surface area contributed by atoms with E-state index in [2.05, 4.69) is 16.0 Å². The van der Waals surface area contributed by atoms with Gasteiger partial charge >= 0.3 is 11.9 Å². The Hall–Kier alpha value is -3.43. The molecular formula is C25H37N3O7. The number of carboxylic acids is 1. The first-order chi connectivity index (χ1) is 16.3. The van der Waals surface area contributed by atoms with Gasteiger partial charge in [0, 0.05) is 12.8 Å². The summed E-state index contributed by atoms with van der Waals surface area (Å²) in [4.78, 5) is 60.9. The molecule has 0 aliphatic carbocycles. The summed E-state index contributed by atoms with van der Waals surface area (Å²) in [6.07, 6.45) is 0.135. The predicted molar refractivity (Wildman–Crippen MR) is 129 cm³/mol. The summed E-state index contributed by atoms with van der Waals surface area (Å²) in [6, 6.07) is 7.05. The second-order valence-electron chi connectivity index (χ2n) is 9.70. The smallest absolute Gasteiger partial charge is 0.322 e. The van der Waals surface area contributed by atoms with Crippen molar-refractivity contribution in [2.24, 2.45) is 5.92 Å². The van der Waals surface area contributed by atoms with Gasteiger partial charge in [0.2, 0.25) is 17.7 Å². The van der Waals surface area contributed by atoms with Crippen molar-refractivity contribution in [3.8, 4) is 0 Å². The molecule has 0 radical (unpaired) electrons. The molecule has 2 unspecified atom stereocenters. The third-order valence-electron chi connectivity index (χ3n) is 4.66. The van der Waals surface area contributed by atoms with Crippen molar-refractivity contribution in [2.45, 2.75) is 78.0 Å². The maximum absolute atomic E-state index is 13.1. The normalized spacial score (nSPS) is 12.9. The zero-order valence-electron chi connectivity index (χ0n) is 21.1. The molecule has 1 rings (SSSR count). The van der Waals surface area contributed by atoms with Crippen LogP contribution < -0.4 is 16.0 Å². The molecule has 0 aliphatic heterocycles. The van der Waals surface area contributed by atoms with Gasteiger partial charge in [0.05, 0.1) is 6.42 Å². The van der Waals surface area contributed by atoms with Gasteiger partial charge in [0.15, 0.2) is 0 Å². The van der Waals surface area contributed by atoms with Gasteiger partial charge in [-0.3, -0.25) is 24.0 Å². The van der Waals surface area contributed by atoms with Crippen LogP contribution in [0.4, 0.5) is 0 Å². The average molecular weight is 492 g/mol. The monoisotopic (exact) mass is 491 g/mol. The summed E-state index contributed by atoms with van der Waals surface area (Å²) in [7, 11) is 0. The SMILES string of the molecule is CC(C)CC(NC(=O)C(Cc1ccccc1)NC(=O)CCC(=O)OC(C)(C)C)C(=O)NCC(=O)O. The van der Waals surface area contributed by atoms with Crippen LogP contribution in [0, 0.1) is 5.92 Å². The van der Waals surface area contributed by atoms with Crippen LogP contribution in [0.5, 0.6) is 0 Å². The van der Waals surface area contributed by atoms with E-state index in [-0.39, 0.29) is 31.6 Å². The number of nitrogens with one attached hydrogen (secondary N) is 3. The zero-order valence-corrected chi connectivity index (χ0v) is 21.1. The van der Waals surface area contributed by atoms with Crippen molar-refractivity contribution >= 4 is 29.7 Å². The number of aliphatic carboxylic acids is 1. The maximum Gasteiger partial charge on any atom is 0.322 e. The van der Waals surface area contributed by atoms with Gasteiger partial charge < -0.3 is 25.8 Å². The molecule has 1 aromatic carbocycles. The first-order valence-electron chi connectivity index (χ1n) is 11.6. The number of benzene rings is 1. The molecule has 0 saturated heterocycles. The summed E-state index contributed by atoms with van der Waals surface area (Å²) in [5, 5.41) is 16.4. The standard InChI is InChI=1S/C25H37N3O7/c1-16(2)13-18(23(33)26-15-21(30)31)28-24(34)19(14-17-9-7-6-8-10-17)27-20(29)11-12-22(32)35-25(3,4)5/h6-10,16,18-19H,11-15H2,1-5H3,(H,26,33)(H,27,29)(H,28,34)(H,30,31). The molecule has 35 heavy (non-hydrogen) atoms. The fourth-order valence-corrected chi connectivity index (χ4v) is 3.19. The van der Waals surface area contributed by atoms with Crippen molar-refractivity contribution in [1.29, 1.82) is 0 Å². The molecule has 1 aromatic rings. The maximum atomic E-state index is 13.1. The van der Waals surface area contributed by atoms with Crippen LogP contribution in [0.25, 0.3) is 0 Å². The Morgan fingerprint density at radius 2 is 1.54 bits per heavy atom. The molecule has 0 bridgehead atoms. The molecule has 2 atom stereocenters. The molecular weight excluding hydrogens is 454 g/mol. The molecule has 10 heteroatoms. The first-order valence-corrected chi connectivity index (χ1v) is 11.6. The number of esters is 1.